The van der Waals surface area contributed by atoms with Gasteiger partial charge in [-0.3, -0.25) is 9.69 Å². The quantitative estimate of drug-likeness (QED) is 0.923. The first-order valence-electron chi connectivity index (χ1n) is 6.58. The summed E-state index contributed by atoms with van der Waals surface area (Å²) in [6.07, 6.45) is -3.42. The highest BCUT2D eigenvalue weighted by Gasteiger charge is 2.33. The van der Waals surface area contributed by atoms with Crippen molar-refractivity contribution in [2.45, 2.75) is 25.6 Å². The minimum absolute atomic E-state index is 0.309. The number of hydrogen-bond acceptors (Lipinski definition) is 2. The molecule has 0 amide bonds. The van der Waals surface area contributed by atoms with Gasteiger partial charge in [0.1, 0.15) is 0 Å². The van der Waals surface area contributed by atoms with E-state index in [1.54, 1.807) is 6.07 Å². The molecule has 2 rings (SSSR count). The van der Waals surface area contributed by atoms with Crippen LogP contribution >= 0.6 is 11.6 Å². The van der Waals surface area contributed by atoms with Crippen LogP contribution in [0.1, 0.15) is 24.0 Å². The highest BCUT2D eigenvalue weighted by Crippen LogP contribution is 2.35. The molecule has 1 heterocycles. The summed E-state index contributed by atoms with van der Waals surface area (Å²) < 4.78 is 38.4. The summed E-state index contributed by atoms with van der Waals surface area (Å²) in [4.78, 5) is 12.8. The van der Waals surface area contributed by atoms with E-state index >= 15 is 0 Å². The Morgan fingerprint density at radius 2 is 1.95 bits per heavy atom. The number of halogens is 4. The lowest BCUT2D eigenvalue weighted by Gasteiger charge is -2.30. The molecule has 0 saturated carbocycles. The minimum Gasteiger partial charge on any atom is -0.481 e. The van der Waals surface area contributed by atoms with E-state index in [0.717, 1.165) is 6.07 Å². The van der Waals surface area contributed by atoms with E-state index in [4.69, 9.17) is 16.7 Å². The molecule has 0 unspecified atom stereocenters. The molecule has 0 atom stereocenters. The summed E-state index contributed by atoms with van der Waals surface area (Å²) in [6.45, 7) is 1.51. The molecular formula is C14H15ClF3NO2. The Labute approximate surface area is 125 Å². The second-order valence-electron chi connectivity index (χ2n) is 5.20. The molecule has 0 radical (unpaired) electrons. The van der Waals surface area contributed by atoms with Crippen molar-refractivity contribution in [3.8, 4) is 0 Å². The van der Waals surface area contributed by atoms with Crippen molar-refractivity contribution in [3.63, 3.8) is 0 Å². The number of benzene rings is 1. The second kappa shape index (κ2) is 6.23. The van der Waals surface area contributed by atoms with Crippen molar-refractivity contribution in [3.05, 3.63) is 34.3 Å². The van der Waals surface area contributed by atoms with Gasteiger partial charge in [0, 0.05) is 6.54 Å². The molecule has 3 nitrogen and oxygen atoms in total. The minimum atomic E-state index is -4.47. The number of nitrogens with zero attached hydrogens (tertiary/aromatic N) is 1. The lowest BCUT2D eigenvalue weighted by molar-refractivity contribution is -0.143. The predicted octanol–water partition coefficient (Wildman–Crippen LogP) is 3.66. The number of piperidine rings is 1. The van der Waals surface area contributed by atoms with Crippen LogP contribution in [0.4, 0.5) is 13.2 Å². The van der Waals surface area contributed by atoms with Crippen LogP contribution in [0.2, 0.25) is 5.02 Å². The smallest absolute Gasteiger partial charge is 0.417 e. The van der Waals surface area contributed by atoms with Crippen molar-refractivity contribution >= 4 is 17.6 Å². The Hall–Kier alpha value is -1.27. The SMILES string of the molecule is O=C(O)C1CCN(Cc2ccc(Cl)c(C(F)(F)F)c2)CC1. The fraction of sp³-hybridized carbons (Fsp3) is 0.500. The number of carboxylic acid groups (broad SMARTS) is 1. The fourth-order valence-corrected chi connectivity index (χ4v) is 2.71. The number of aliphatic carboxylic acids is 1. The van der Waals surface area contributed by atoms with Gasteiger partial charge in [-0.2, -0.15) is 13.2 Å². The zero-order valence-corrected chi connectivity index (χ0v) is 11.9. The summed E-state index contributed by atoms with van der Waals surface area (Å²) in [5, 5.41) is 8.60. The molecule has 1 saturated heterocycles. The fourth-order valence-electron chi connectivity index (χ4n) is 2.48. The Kier molecular flexibility index (Phi) is 4.78. The zero-order chi connectivity index (χ0) is 15.6. The molecular weight excluding hydrogens is 307 g/mol. The van der Waals surface area contributed by atoms with E-state index in [1.807, 2.05) is 4.90 Å². The topological polar surface area (TPSA) is 40.5 Å². The van der Waals surface area contributed by atoms with Gasteiger partial charge in [0.15, 0.2) is 0 Å². The van der Waals surface area contributed by atoms with Crippen LogP contribution in [-0.4, -0.2) is 29.1 Å². The van der Waals surface area contributed by atoms with Gasteiger partial charge in [-0.1, -0.05) is 17.7 Å². The third kappa shape index (κ3) is 4.11. The summed E-state index contributed by atoms with van der Waals surface area (Å²) in [7, 11) is 0. The summed E-state index contributed by atoms with van der Waals surface area (Å²) >= 11 is 5.58. The van der Waals surface area contributed by atoms with Gasteiger partial charge in [-0.05, 0) is 43.6 Å². The average molecular weight is 322 g/mol. The van der Waals surface area contributed by atoms with Gasteiger partial charge in [-0.25, -0.2) is 0 Å². The van der Waals surface area contributed by atoms with Gasteiger partial charge in [-0.15, -0.1) is 0 Å². The monoisotopic (exact) mass is 321 g/mol. The summed E-state index contributed by atoms with van der Waals surface area (Å²) in [6, 6.07) is 3.89. The average Bonchev–Trinajstić information content (AvgIpc) is 2.40. The first-order chi connectivity index (χ1) is 9.77. The molecule has 1 aromatic carbocycles. The van der Waals surface area contributed by atoms with Gasteiger partial charge in [0.05, 0.1) is 16.5 Å². The van der Waals surface area contributed by atoms with Gasteiger partial charge >= 0.3 is 12.1 Å². The summed E-state index contributed by atoms with van der Waals surface area (Å²) in [5.41, 5.74) is -0.303. The van der Waals surface area contributed by atoms with Gasteiger partial charge < -0.3 is 5.11 Å². The maximum Gasteiger partial charge on any atom is 0.417 e. The van der Waals surface area contributed by atoms with Crippen molar-refractivity contribution in [2.75, 3.05) is 13.1 Å². The van der Waals surface area contributed by atoms with E-state index in [2.05, 4.69) is 0 Å². The highest BCUT2D eigenvalue weighted by molar-refractivity contribution is 6.31. The van der Waals surface area contributed by atoms with Crippen LogP contribution < -0.4 is 0 Å². The van der Waals surface area contributed by atoms with E-state index in [9.17, 15) is 18.0 Å². The molecule has 0 aliphatic carbocycles. The molecule has 1 fully saturated rings. The molecule has 0 bridgehead atoms. The number of rotatable bonds is 3. The van der Waals surface area contributed by atoms with Gasteiger partial charge in [0.2, 0.25) is 0 Å². The Morgan fingerprint density at radius 1 is 1.33 bits per heavy atom. The Morgan fingerprint density at radius 3 is 2.48 bits per heavy atom. The largest absolute Gasteiger partial charge is 0.481 e. The van der Waals surface area contributed by atoms with Crippen molar-refractivity contribution < 1.29 is 23.1 Å². The van der Waals surface area contributed by atoms with Crippen LogP contribution in [-0.2, 0) is 17.5 Å². The van der Waals surface area contributed by atoms with E-state index < -0.39 is 17.7 Å². The number of hydrogen-bond donors (Lipinski definition) is 1. The Bertz CT molecular complexity index is 525. The molecule has 1 aliphatic rings. The second-order valence-corrected chi connectivity index (χ2v) is 5.61. The van der Waals surface area contributed by atoms with Crippen molar-refractivity contribution in [2.24, 2.45) is 5.92 Å². The molecule has 0 aromatic heterocycles. The third-order valence-electron chi connectivity index (χ3n) is 3.68. The first-order valence-corrected chi connectivity index (χ1v) is 6.96. The number of likely N-dealkylation sites (tertiary alicyclic amines) is 1. The van der Waals surface area contributed by atoms with E-state index in [-0.39, 0.29) is 10.9 Å². The number of alkyl halides is 3. The zero-order valence-electron chi connectivity index (χ0n) is 11.2. The number of carbonyl (C=O) groups is 1. The molecule has 1 aromatic rings. The predicted molar refractivity (Wildman–Crippen MR) is 72.1 cm³/mol. The lowest BCUT2D eigenvalue weighted by atomic mass is 9.96. The first kappa shape index (κ1) is 16.1. The Balaban J connectivity index is 2.03. The van der Waals surface area contributed by atoms with Crippen LogP contribution in [0.3, 0.4) is 0 Å². The maximum absolute atomic E-state index is 12.8. The molecule has 1 N–H and O–H groups in total. The van der Waals surface area contributed by atoms with E-state index in [0.29, 0.717) is 38.0 Å². The lowest BCUT2D eigenvalue weighted by Crippen LogP contribution is -2.35. The molecule has 7 heteroatoms. The molecule has 116 valence electrons. The normalized spacial score (nSPS) is 17.9. The van der Waals surface area contributed by atoms with Gasteiger partial charge in [0.25, 0.3) is 0 Å². The number of carboxylic acids is 1. The van der Waals surface area contributed by atoms with Crippen LogP contribution in [0.25, 0.3) is 0 Å². The maximum atomic E-state index is 12.8. The third-order valence-corrected chi connectivity index (χ3v) is 4.01. The molecule has 0 spiro atoms. The van der Waals surface area contributed by atoms with Crippen LogP contribution in [0.15, 0.2) is 18.2 Å². The van der Waals surface area contributed by atoms with Crippen molar-refractivity contribution in [1.29, 1.82) is 0 Å². The molecule has 21 heavy (non-hydrogen) atoms. The van der Waals surface area contributed by atoms with Crippen LogP contribution in [0.5, 0.6) is 0 Å². The van der Waals surface area contributed by atoms with E-state index in [1.165, 1.54) is 6.07 Å². The standard InChI is InChI=1S/C14H15ClF3NO2/c15-12-2-1-9(7-11(12)14(16,17)18)8-19-5-3-10(4-6-19)13(20)21/h1-2,7,10H,3-6,8H2,(H,20,21). The highest BCUT2D eigenvalue weighted by atomic mass is 35.5. The summed E-state index contributed by atoms with van der Waals surface area (Å²) in [5.74, 6) is -1.15. The van der Waals surface area contributed by atoms with Crippen molar-refractivity contribution in [1.82, 2.24) is 4.90 Å². The van der Waals surface area contributed by atoms with Crippen LogP contribution in [0, 0.1) is 5.92 Å². The molecule has 1 aliphatic heterocycles.